The molecule has 0 rings (SSSR count). The van der Waals surface area contributed by atoms with E-state index in [1.807, 2.05) is 6.92 Å². The number of rotatable bonds is 1. The third-order valence-corrected chi connectivity index (χ3v) is 0.567. The molecule has 2 heteroatoms. The molecule has 0 spiro atoms. The molecule has 0 aromatic carbocycles. The number of halogens is 2. The first kappa shape index (κ1) is 8.97. The van der Waals surface area contributed by atoms with E-state index in [-0.39, 0.29) is 4.70 Å². The Hall–Kier alpha value is 0.220. The zero-order valence-corrected chi connectivity index (χ0v) is 3.96. The Labute approximate surface area is 36.5 Å². The molecular weight excluding hydrogens is 90.5 g/mol. The Morgan fingerprint density at radius 1 is 1.60 bits per heavy atom. The first-order chi connectivity index (χ1) is 1.91. The Balaban J connectivity index is 0. The van der Waals surface area contributed by atoms with Gasteiger partial charge in [-0.3, -0.25) is 4.70 Å². The zero-order valence-electron chi connectivity index (χ0n) is 3.20. The summed E-state index contributed by atoms with van der Waals surface area (Å²) in [4.78, 5) is 0. The molecule has 0 nitrogen and oxygen atoms in total. The highest BCUT2D eigenvalue weighted by Gasteiger charge is 1.59. The van der Waals surface area contributed by atoms with E-state index < -0.39 is 0 Å². The third-order valence-electron chi connectivity index (χ3n) is 0.189. The molecule has 34 valence electrons. The van der Waals surface area contributed by atoms with Crippen LogP contribution in [0.5, 0.6) is 0 Å². The van der Waals surface area contributed by atoms with E-state index in [1.54, 1.807) is 0 Å². The van der Waals surface area contributed by atoms with Gasteiger partial charge in [0.15, 0.2) is 0 Å². The van der Waals surface area contributed by atoms with Gasteiger partial charge < -0.3 is 0 Å². The van der Waals surface area contributed by atoms with E-state index in [9.17, 15) is 0 Å². The van der Waals surface area contributed by atoms with Crippen LogP contribution >= 0.6 is 11.6 Å². The van der Waals surface area contributed by atoms with Crippen molar-refractivity contribution in [3.05, 3.63) is 0 Å². The minimum absolute atomic E-state index is 0. The Morgan fingerprint density at radius 2 is 1.80 bits per heavy atom. The predicted molar refractivity (Wildman–Crippen MR) is 23.5 cm³/mol. The summed E-state index contributed by atoms with van der Waals surface area (Å²) in [5, 5.41) is 0. The lowest BCUT2D eigenvalue weighted by Crippen LogP contribution is -1.55. The summed E-state index contributed by atoms with van der Waals surface area (Å²) in [7, 11) is 0. The molecule has 0 fully saturated rings. The molecule has 0 N–H and O–H groups in total. The summed E-state index contributed by atoms with van der Waals surface area (Å²) in [6.07, 6.45) is 1.08. The van der Waals surface area contributed by atoms with Crippen molar-refractivity contribution >= 4 is 11.6 Å². The lowest BCUT2D eigenvalue weighted by atomic mass is 10.6. The van der Waals surface area contributed by atoms with Gasteiger partial charge in [-0.1, -0.05) is 6.92 Å². The molecule has 0 aliphatic rings. The normalized spacial score (nSPS) is 6.00. The second-order valence-corrected chi connectivity index (χ2v) is 1.07. The smallest absolute Gasteiger partial charge is 0.0220 e. The molecule has 0 saturated heterocycles. The highest BCUT2D eigenvalue weighted by molar-refractivity contribution is 6.17. The highest BCUT2D eigenvalue weighted by atomic mass is 35.5. The van der Waals surface area contributed by atoms with Crippen LogP contribution in [0.4, 0.5) is 4.70 Å². The van der Waals surface area contributed by atoms with Gasteiger partial charge in [0.05, 0.1) is 0 Å². The average molecular weight is 98.5 g/mol. The lowest BCUT2D eigenvalue weighted by Gasteiger charge is -1.65. The van der Waals surface area contributed by atoms with Gasteiger partial charge in [0.1, 0.15) is 0 Å². The first-order valence-corrected chi connectivity index (χ1v) is 2.01. The summed E-state index contributed by atoms with van der Waals surface area (Å²) >= 11 is 5.19. The van der Waals surface area contributed by atoms with Crippen LogP contribution in [0, 0.1) is 0 Å². The highest BCUT2D eigenvalue weighted by Crippen LogP contribution is 1.75. The van der Waals surface area contributed by atoms with Gasteiger partial charge >= 0.3 is 0 Å². The molecule has 0 aromatic rings. The molecule has 0 heterocycles. The van der Waals surface area contributed by atoms with Crippen LogP contribution in [0.2, 0.25) is 0 Å². The van der Waals surface area contributed by atoms with E-state index >= 15 is 0 Å². The van der Waals surface area contributed by atoms with Crippen LogP contribution in [0.3, 0.4) is 0 Å². The van der Waals surface area contributed by atoms with Crippen molar-refractivity contribution in [2.75, 3.05) is 5.88 Å². The summed E-state index contributed by atoms with van der Waals surface area (Å²) in [6.45, 7) is 2.05. The van der Waals surface area contributed by atoms with Gasteiger partial charge in [0.2, 0.25) is 0 Å². The maximum absolute atomic E-state index is 5.19. The zero-order chi connectivity index (χ0) is 3.41. The molecule has 0 atom stereocenters. The Kier molecular flexibility index (Phi) is 15.9. The van der Waals surface area contributed by atoms with E-state index in [1.165, 1.54) is 0 Å². The second kappa shape index (κ2) is 8.88. The molecule has 0 saturated carbocycles. The van der Waals surface area contributed by atoms with Crippen molar-refractivity contribution < 1.29 is 4.70 Å². The van der Waals surface area contributed by atoms with Gasteiger partial charge in [-0.15, -0.1) is 11.6 Å². The molecule has 0 aliphatic heterocycles. The largest absolute Gasteiger partial charge is 0.269 e. The molecule has 0 aromatic heterocycles. The summed E-state index contributed by atoms with van der Waals surface area (Å²) in [5.41, 5.74) is 0. The third kappa shape index (κ3) is 14.0. The lowest BCUT2D eigenvalue weighted by molar-refractivity contribution is 1.10. The van der Waals surface area contributed by atoms with Crippen LogP contribution in [0.1, 0.15) is 13.3 Å². The molecule has 0 radical (unpaired) electrons. The van der Waals surface area contributed by atoms with E-state index in [2.05, 4.69) is 0 Å². The predicted octanol–water partition coefficient (Wildman–Crippen LogP) is 1.79. The quantitative estimate of drug-likeness (QED) is 0.439. The van der Waals surface area contributed by atoms with E-state index in [0.717, 1.165) is 12.3 Å². The molecule has 0 bridgehead atoms. The van der Waals surface area contributed by atoms with Gasteiger partial charge in [0.25, 0.3) is 0 Å². The van der Waals surface area contributed by atoms with Crippen molar-refractivity contribution in [3.63, 3.8) is 0 Å². The Bertz CT molecular complexity index is 8.85. The summed E-state index contributed by atoms with van der Waals surface area (Å²) in [5.74, 6) is 0.792. The SMILES string of the molecule is CCCCl.F. The minimum Gasteiger partial charge on any atom is -0.269 e. The minimum atomic E-state index is 0. The van der Waals surface area contributed by atoms with Crippen molar-refractivity contribution in [3.8, 4) is 0 Å². The molecule has 0 amide bonds. The summed E-state index contributed by atoms with van der Waals surface area (Å²) in [6, 6.07) is 0. The van der Waals surface area contributed by atoms with Gasteiger partial charge in [-0.2, -0.15) is 0 Å². The van der Waals surface area contributed by atoms with E-state index in [4.69, 9.17) is 11.6 Å². The van der Waals surface area contributed by atoms with Crippen LogP contribution in [-0.2, 0) is 0 Å². The molecule has 0 aliphatic carbocycles. The van der Waals surface area contributed by atoms with Crippen LogP contribution < -0.4 is 0 Å². The molecular formula is C3H8ClF. The average Bonchev–Trinajstić information content (AvgIpc) is 1.37. The van der Waals surface area contributed by atoms with Crippen molar-refractivity contribution in [2.45, 2.75) is 13.3 Å². The molecule has 0 unspecified atom stereocenters. The fourth-order valence-electron chi connectivity index (χ4n) is 0. The van der Waals surface area contributed by atoms with Crippen LogP contribution in [0.25, 0.3) is 0 Å². The van der Waals surface area contributed by atoms with Gasteiger partial charge in [-0.05, 0) is 6.42 Å². The fourth-order valence-corrected chi connectivity index (χ4v) is 0. The van der Waals surface area contributed by atoms with Gasteiger partial charge in [0, 0.05) is 5.88 Å². The van der Waals surface area contributed by atoms with Crippen molar-refractivity contribution in [1.29, 1.82) is 0 Å². The maximum atomic E-state index is 5.19. The number of hydrogen-bond donors (Lipinski definition) is 0. The maximum Gasteiger partial charge on any atom is 0.0220 e. The van der Waals surface area contributed by atoms with Gasteiger partial charge in [-0.25, -0.2) is 0 Å². The van der Waals surface area contributed by atoms with E-state index in [0.29, 0.717) is 0 Å². The van der Waals surface area contributed by atoms with Crippen LogP contribution in [-0.4, -0.2) is 5.88 Å². The second-order valence-electron chi connectivity index (χ2n) is 0.689. The van der Waals surface area contributed by atoms with Crippen LogP contribution in [0.15, 0.2) is 0 Å². The monoisotopic (exact) mass is 98.0 g/mol. The van der Waals surface area contributed by atoms with Crippen molar-refractivity contribution in [1.82, 2.24) is 0 Å². The summed E-state index contributed by atoms with van der Waals surface area (Å²) < 4.78 is 0. The number of alkyl halides is 1. The topological polar surface area (TPSA) is 0 Å². The Morgan fingerprint density at radius 3 is 1.80 bits per heavy atom. The van der Waals surface area contributed by atoms with Crippen molar-refractivity contribution in [2.24, 2.45) is 0 Å². The first-order valence-electron chi connectivity index (χ1n) is 1.47. The fraction of sp³-hybridized carbons (Fsp3) is 1.00. The number of hydrogen-bond acceptors (Lipinski definition) is 0. The molecule has 5 heavy (non-hydrogen) atoms. The standard InChI is InChI=1S/C3H7Cl.FH/c1-2-3-4;/h2-3H2,1H3;1H.